The highest BCUT2D eigenvalue weighted by Crippen LogP contribution is 2.23. The van der Waals surface area contributed by atoms with Gasteiger partial charge in [-0.3, -0.25) is 4.79 Å². The lowest BCUT2D eigenvalue weighted by Crippen LogP contribution is -2.28. The first kappa shape index (κ1) is 15.3. The quantitative estimate of drug-likeness (QED) is 0.765. The maximum absolute atomic E-state index is 12.4. The molecule has 20 heavy (non-hydrogen) atoms. The summed E-state index contributed by atoms with van der Waals surface area (Å²) in [6, 6.07) is 15.6. The highest BCUT2D eigenvalue weighted by atomic mass is 79.9. The van der Waals surface area contributed by atoms with Crippen LogP contribution in [-0.4, -0.2) is 5.91 Å². The average molecular weight is 397 g/mol. The van der Waals surface area contributed by atoms with Gasteiger partial charge in [0.2, 0.25) is 0 Å². The maximum atomic E-state index is 12.4. The Morgan fingerprint density at radius 3 is 2.45 bits per heavy atom. The Balaban J connectivity index is 2.17. The molecule has 0 heterocycles. The zero-order chi connectivity index (χ0) is 14.5. The Bertz CT molecular complexity index is 599. The van der Waals surface area contributed by atoms with Gasteiger partial charge in [0, 0.05) is 8.95 Å². The van der Waals surface area contributed by atoms with Crippen LogP contribution in [-0.2, 0) is 0 Å². The van der Waals surface area contributed by atoms with Crippen LogP contribution in [0.1, 0.15) is 35.3 Å². The normalized spacial score (nSPS) is 11.9. The minimum absolute atomic E-state index is 0.0271. The Morgan fingerprint density at radius 2 is 1.85 bits per heavy atom. The fourth-order valence-corrected chi connectivity index (χ4v) is 3.24. The summed E-state index contributed by atoms with van der Waals surface area (Å²) < 4.78 is 1.73. The van der Waals surface area contributed by atoms with Crippen LogP contribution in [0.25, 0.3) is 0 Å². The monoisotopic (exact) mass is 395 g/mol. The number of hydrogen-bond donors (Lipinski definition) is 1. The lowest BCUT2D eigenvalue weighted by Gasteiger charge is -2.18. The molecule has 0 bridgehead atoms. The molecular formula is C16H15Br2NO. The predicted octanol–water partition coefficient (Wildman–Crippen LogP) is 5.09. The van der Waals surface area contributed by atoms with Crippen molar-refractivity contribution in [1.82, 2.24) is 5.32 Å². The third-order valence-corrected chi connectivity index (χ3v) is 4.24. The van der Waals surface area contributed by atoms with E-state index in [0.717, 1.165) is 20.9 Å². The zero-order valence-electron chi connectivity index (χ0n) is 11.1. The standard InChI is InChI=1S/C16H15Br2NO/c1-2-15(11-6-4-3-5-7-11)19-16(20)13-9-8-12(17)10-14(13)18/h3-10,15H,2H2,1H3,(H,19,20). The second kappa shape index (κ2) is 7.04. The summed E-state index contributed by atoms with van der Waals surface area (Å²) in [5.41, 5.74) is 1.76. The number of hydrogen-bond acceptors (Lipinski definition) is 1. The molecular weight excluding hydrogens is 382 g/mol. The van der Waals surface area contributed by atoms with Crippen LogP contribution in [0.2, 0.25) is 0 Å². The van der Waals surface area contributed by atoms with E-state index in [2.05, 4.69) is 44.1 Å². The average Bonchev–Trinajstić information content (AvgIpc) is 2.45. The van der Waals surface area contributed by atoms with Crippen LogP contribution in [0.15, 0.2) is 57.5 Å². The Morgan fingerprint density at radius 1 is 1.15 bits per heavy atom. The molecule has 0 saturated heterocycles. The van der Waals surface area contributed by atoms with Gasteiger partial charge in [-0.25, -0.2) is 0 Å². The number of benzene rings is 2. The van der Waals surface area contributed by atoms with E-state index in [4.69, 9.17) is 0 Å². The van der Waals surface area contributed by atoms with E-state index in [1.54, 1.807) is 6.07 Å². The molecule has 0 aromatic heterocycles. The number of carbonyl (C=O) groups is 1. The number of amides is 1. The lowest BCUT2D eigenvalue weighted by atomic mass is 10.0. The predicted molar refractivity (Wildman–Crippen MR) is 88.8 cm³/mol. The molecule has 1 N–H and O–H groups in total. The van der Waals surface area contributed by atoms with Crippen LogP contribution in [0.5, 0.6) is 0 Å². The smallest absolute Gasteiger partial charge is 0.252 e. The maximum Gasteiger partial charge on any atom is 0.252 e. The zero-order valence-corrected chi connectivity index (χ0v) is 14.2. The van der Waals surface area contributed by atoms with Gasteiger partial charge in [0.1, 0.15) is 0 Å². The van der Waals surface area contributed by atoms with E-state index >= 15 is 0 Å². The van der Waals surface area contributed by atoms with Crippen molar-refractivity contribution in [3.05, 3.63) is 68.6 Å². The molecule has 1 unspecified atom stereocenters. The second-order valence-corrected chi connectivity index (χ2v) is 6.24. The fourth-order valence-electron chi connectivity index (χ4n) is 2.02. The van der Waals surface area contributed by atoms with E-state index < -0.39 is 0 Å². The second-order valence-electron chi connectivity index (χ2n) is 4.47. The van der Waals surface area contributed by atoms with Crippen molar-refractivity contribution in [3.8, 4) is 0 Å². The molecule has 0 fully saturated rings. The van der Waals surface area contributed by atoms with Crippen LogP contribution < -0.4 is 5.32 Å². The molecule has 1 atom stereocenters. The molecule has 0 aliphatic rings. The van der Waals surface area contributed by atoms with Crippen molar-refractivity contribution in [3.63, 3.8) is 0 Å². The van der Waals surface area contributed by atoms with Crippen molar-refractivity contribution in [2.24, 2.45) is 0 Å². The Labute approximate surface area is 135 Å². The Hall–Kier alpha value is -1.13. The van der Waals surface area contributed by atoms with Gasteiger partial charge in [-0.1, -0.05) is 53.2 Å². The van der Waals surface area contributed by atoms with Gasteiger partial charge >= 0.3 is 0 Å². The molecule has 0 aliphatic carbocycles. The van der Waals surface area contributed by atoms with Crippen molar-refractivity contribution in [1.29, 1.82) is 0 Å². The number of rotatable bonds is 4. The van der Waals surface area contributed by atoms with Crippen molar-refractivity contribution >= 4 is 37.8 Å². The van der Waals surface area contributed by atoms with E-state index in [0.29, 0.717) is 5.56 Å². The highest BCUT2D eigenvalue weighted by molar-refractivity contribution is 9.11. The fraction of sp³-hybridized carbons (Fsp3) is 0.188. The summed E-state index contributed by atoms with van der Waals surface area (Å²) in [6.45, 7) is 2.06. The van der Waals surface area contributed by atoms with E-state index in [-0.39, 0.29) is 11.9 Å². The molecule has 2 aromatic carbocycles. The SMILES string of the molecule is CCC(NC(=O)c1ccc(Br)cc1Br)c1ccccc1. The molecule has 0 saturated carbocycles. The first-order valence-electron chi connectivity index (χ1n) is 6.42. The van der Waals surface area contributed by atoms with Gasteiger partial charge in [-0.05, 0) is 46.1 Å². The van der Waals surface area contributed by atoms with Crippen LogP contribution in [0.3, 0.4) is 0 Å². The lowest BCUT2D eigenvalue weighted by molar-refractivity contribution is 0.0935. The molecule has 0 aliphatic heterocycles. The molecule has 104 valence electrons. The first-order valence-corrected chi connectivity index (χ1v) is 8.01. The largest absolute Gasteiger partial charge is 0.345 e. The van der Waals surface area contributed by atoms with Gasteiger partial charge < -0.3 is 5.32 Å². The summed E-state index contributed by atoms with van der Waals surface area (Å²) in [5.74, 6) is -0.0694. The number of halogens is 2. The molecule has 2 nitrogen and oxygen atoms in total. The highest BCUT2D eigenvalue weighted by Gasteiger charge is 2.15. The van der Waals surface area contributed by atoms with Crippen LogP contribution in [0.4, 0.5) is 0 Å². The molecule has 2 rings (SSSR count). The van der Waals surface area contributed by atoms with E-state index in [9.17, 15) is 4.79 Å². The molecule has 1 amide bonds. The summed E-state index contributed by atoms with van der Waals surface area (Å²) in [7, 11) is 0. The summed E-state index contributed by atoms with van der Waals surface area (Å²) >= 11 is 6.81. The van der Waals surface area contributed by atoms with Crippen molar-refractivity contribution in [2.75, 3.05) is 0 Å². The minimum atomic E-state index is -0.0694. The van der Waals surface area contributed by atoms with Gasteiger partial charge in [-0.2, -0.15) is 0 Å². The summed E-state index contributed by atoms with van der Waals surface area (Å²) in [4.78, 5) is 12.4. The third-order valence-electron chi connectivity index (χ3n) is 3.09. The third kappa shape index (κ3) is 3.70. The van der Waals surface area contributed by atoms with Crippen LogP contribution in [0, 0.1) is 0 Å². The first-order chi connectivity index (χ1) is 9.61. The Kier molecular flexibility index (Phi) is 5.38. The van der Waals surface area contributed by atoms with Crippen molar-refractivity contribution < 1.29 is 4.79 Å². The van der Waals surface area contributed by atoms with Gasteiger partial charge in [0.15, 0.2) is 0 Å². The van der Waals surface area contributed by atoms with Crippen LogP contribution >= 0.6 is 31.9 Å². The van der Waals surface area contributed by atoms with Gasteiger partial charge in [0.05, 0.1) is 11.6 Å². The topological polar surface area (TPSA) is 29.1 Å². The van der Waals surface area contributed by atoms with Crippen molar-refractivity contribution in [2.45, 2.75) is 19.4 Å². The van der Waals surface area contributed by atoms with E-state index in [1.165, 1.54) is 0 Å². The van der Waals surface area contributed by atoms with Gasteiger partial charge in [-0.15, -0.1) is 0 Å². The molecule has 2 aromatic rings. The number of nitrogens with one attached hydrogen (secondary N) is 1. The molecule has 0 radical (unpaired) electrons. The summed E-state index contributed by atoms with van der Waals surface area (Å²) in [5, 5.41) is 3.08. The molecule has 4 heteroatoms. The number of carbonyl (C=O) groups excluding carboxylic acids is 1. The summed E-state index contributed by atoms with van der Waals surface area (Å²) in [6.07, 6.45) is 0.851. The molecule has 0 spiro atoms. The van der Waals surface area contributed by atoms with E-state index in [1.807, 2.05) is 42.5 Å². The van der Waals surface area contributed by atoms with Gasteiger partial charge in [0.25, 0.3) is 5.91 Å². The minimum Gasteiger partial charge on any atom is -0.345 e.